The van der Waals surface area contributed by atoms with Crippen LogP contribution in [0.15, 0.2) is 29.2 Å². The lowest BCUT2D eigenvalue weighted by Crippen LogP contribution is -2.29. The van der Waals surface area contributed by atoms with Crippen LogP contribution in [0, 0.1) is 0 Å². The second kappa shape index (κ2) is 5.61. The maximum Gasteiger partial charge on any atom is 0.261 e. The Morgan fingerprint density at radius 1 is 1.33 bits per heavy atom. The number of nitrogen functional groups attached to an aromatic ring is 1. The van der Waals surface area contributed by atoms with Crippen LogP contribution in [0.5, 0.6) is 0 Å². The van der Waals surface area contributed by atoms with Gasteiger partial charge in [-0.1, -0.05) is 24.3 Å². The molecule has 4 nitrogen and oxygen atoms in total. The number of carbonyl (C=O) groups excluding carboxylic acids is 1. The summed E-state index contributed by atoms with van der Waals surface area (Å²) >= 11 is 2.98. The topological polar surface area (TPSA) is 72.3 Å². The van der Waals surface area contributed by atoms with Gasteiger partial charge in [0, 0.05) is 13.1 Å². The summed E-state index contributed by atoms with van der Waals surface area (Å²) in [6.45, 7) is 1.78. The molecule has 1 aromatic heterocycles. The van der Waals surface area contributed by atoms with Crippen LogP contribution in [0.4, 0.5) is 10.7 Å². The number of anilines is 2. The first kappa shape index (κ1) is 14.3. The normalized spacial score (nSPS) is 14.0. The summed E-state index contributed by atoms with van der Waals surface area (Å²) in [5.74, 6) is -0.448. The van der Waals surface area contributed by atoms with Crippen molar-refractivity contribution in [3.05, 3.63) is 40.3 Å². The maximum atomic E-state index is 11.5. The summed E-state index contributed by atoms with van der Waals surface area (Å²) < 4.78 is 0. The zero-order valence-corrected chi connectivity index (χ0v) is 13.4. The van der Waals surface area contributed by atoms with Crippen molar-refractivity contribution >= 4 is 39.7 Å². The lowest BCUT2D eigenvalue weighted by atomic mass is 10.0. The highest BCUT2D eigenvalue weighted by atomic mass is 32.2. The Balaban J connectivity index is 1.98. The van der Waals surface area contributed by atoms with E-state index in [1.807, 2.05) is 6.26 Å². The quantitative estimate of drug-likeness (QED) is 0.853. The summed E-state index contributed by atoms with van der Waals surface area (Å²) in [7, 11) is 0. The molecular formula is C15H17N3OS2. The van der Waals surface area contributed by atoms with Crippen molar-refractivity contribution in [2.45, 2.75) is 17.9 Å². The predicted molar refractivity (Wildman–Crippen MR) is 90.2 cm³/mol. The van der Waals surface area contributed by atoms with E-state index in [0.29, 0.717) is 10.6 Å². The van der Waals surface area contributed by atoms with Crippen molar-refractivity contribution in [1.82, 2.24) is 0 Å². The smallest absolute Gasteiger partial charge is 0.261 e. The molecular weight excluding hydrogens is 302 g/mol. The second-order valence-electron chi connectivity index (χ2n) is 4.99. The minimum atomic E-state index is -0.448. The number of carbonyl (C=O) groups is 1. The summed E-state index contributed by atoms with van der Waals surface area (Å²) in [6, 6.07) is 8.48. The van der Waals surface area contributed by atoms with Crippen molar-refractivity contribution < 1.29 is 4.79 Å². The molecule has 0 saturated carbocycles. The first-order valence-electron chi connectivity index (χ1n) is 6.69. The highest BCUT2D eigenvalue weighted by Crippen LogP contribution is 2.44. The Morgan fingerprint density at radius 3 is 2.71 bits per heavy atom. The minimum Gasteiger partial charge on any atom is -0.396 e. The van der Waals surface area contributed by atoms with Crippen molar-refractivity contribution in [3.63, 3.8) is 0 Å². The third kappa shape index (κ3) is 2.49. The zero-order chi connectivity index (χ0) is 15.0. The summed E-state index contributed by atoms with van der Waals surface area (Å²) in [5.41, 5.74) is 14.8. The van der Waals surface area contributed by atoms with Crippen molar-refractivity contribution in [2.75, 3.05) is 23.4 Å². The van der Waals surface area contributed by atoms with Gasteiger partial charge in [0.1, 0.15) is 9.88 Å². The van der Waals surface area contributed by atoms with E-state index in [1.165, 1.54) is 22.5 Å². The Kier molecular flexibility index (Phi) is 3.82. The molecule has 0 bridgehead atoms. The van der Waals surface area contributed by atoms with E-state index in [-0.39, 0.29) is 0 Å². The number of thioether (sulfide) groups is 1. The van der Waals surface area contributed by atoms with Gasteiger partial charge in [0.15, 0.2) is 0 Å². The van der Waals surface area contributed by atoms with Crippen LogP contribution < -0.4 is 16.4 Å². The van der Waals surface area contributed by atoms with E-state index >= 15 is 0 Å². The third-order valence-electron chi connectivity index (χ3n) is 3.73. The van der Waals surface area contributed by atoms with E-state index in [9.17, 15) is 4.79 Å². The number of nitrogens with two attached hydrogens (primary N) is 2. The molecule has 1 aromatic carbocycles. The van der Waals surface area contributed by atoms with Crippen molar-refractivity contribution in [1.29, 1.82) is 0 Å². The number of fused-ring (bicyclic) bond motifs is 1. The number of nitrogens with zero attached hydrogens (tertiary/aromatic N) is 1. The molecule has 1 aliphatic rings. The van der Waals surface area contributed by atoms with E-state index in [4.69, 9.17) is 11.5 Å². The number of benzene rings is 1. The summed E-state index contributed by atoms with van der Waals surface area (Å²) in [5, 5.41) is 1.06. The first-order valence-corrected chi connectivity index (χ1v) is 8.73. The van der Waals surface area contributed by atoms with Gasteiger partial charge in [0.05, 0.1) is 10.6 Å². The third-order valence-corrected chi connectivity index (χ3v) is 5.96. The molecule has 0 spiro atoms. The molecule has 1 amide bonds. The van der Waals surface area contributed by atoms with E-state index < -0.39 is 5.91 Å². The van der Waals surface area contributed by atoms with Gasteiger partial charge in [-0.05, 0) is 23.8 Å². The fourth-order valence-corrected chi connectivity index (χ4v) is 4.73. The van der Waals surface area contributed by atoms with Crippen molar-refractivity contribution in [2.24, 2.45) is 5.73 Å². The van der Waals surface area contributed by atoms with Gasteiger partial charge in [-0.3, -0.25) is 4.79 Å². The van der Waals surface area contributed by atoms with E-state index in [1.54, 1.807) is 11.8 Å². The molecule has 2 aromatic rings. The average Bonchev–Trinajstić information content (AvgIpc) is 2.83. The number of thiophene rings is 1. The molecule has 0 unspecified atom stereocenters. The van der Waals surface area contributed by atoms with Gasteiger partial charge in [0.2, 0.25) is 0 Å². The van der Waals surface area contributed by atoms with Crippen LogP contribution in [0.1, 0.15) is 20.8 Å². The molecule has 1 aliphatic heterocycles. The predicted octanol–water partition coefficient (Wildman–Crippen LogP) is 2.71. The molecule has 2 heterocycles. The molecule has 4 N–H and O–H groups in total. The fourth-order valence-electron chi connectivity index (χ4n) is 2.67. The monoisotopic (exact) mass is 319 g/mol. The molecule has 0 saturated heterocycles. The van der Waals surface area contributed by atoms with E-state index in [0.717, 1.165) is 29.4 Å². The largest absolute Gasteiger partial charge is 0.396 e. The number of rotatable bonds is 3. The second-order valence-corrected chi connectivity index (χ2v) is 6.80. The van der Waals surface area contributed by atoms with Crippen LogP contribution >= 0.6 is 23.1 Å². The molecule has 0 fully saturated rings. The van der Waals surface area contributed by atoms with E-state index in [2.05, 4.69) is 29.2 Å². The van der Waals surface area contributed by atoms with Gasteiger partial charge >= 0.3 is 0 Å². The summed E-state index contributed by atoms with van der Waals surface area (Å²) in [4.78, 5) is 15.2. The van der Waals surface area contributed by atoms with Crippen LogP contribution in [0.25, 0.3) is 0 Å². The van der Waals surface area contributed by atoms with Crippen molar-refractivity contribution in [3.8, 4) is 0 Å². The number of amides is 1. The Morgan fingerprint density at radius 2 is 2.05 bits per heavy atom. The first-order chi connectivity index (χ1) is 10.1. The van der Waals surface area contributed by atoms with Gasteiger partial charge in [0.25, 0.3) is 5.91 Å². The lowest BCUT2D eigenvalue weighted by Gasteiger charge is -2.30. The van der Waals surface area contributed by atoms with Crippen LogP contribution in [-0.4, -0.2) is 18.7 Å². The van der Waals surface area contributed by atoms with Crippen LogP contribution in [-0.2, 0) is 13.0 Å². The van der Waals surface area contributed by atoms with Gasteiger partial charge < -0.3 is 16.4 Å². The maximum absolute atomic E-state index is 11.5. The number of hydrogen-bond donors (Lipinski definition) is 2. The SMILES string of the molecule is CSc1c(N2CCc3ccccc3C2)sc(C(N)=O)c1N. The highest BCUT2D eigenvalue weighted by molar-refractivity contribution is 7.99. The highest BCUT2D eigenvalue weighted by Gasteiger charge is 2.25. The number of hydrogen-bond acceptors (Lipinski definition) is 5. The number of primary amides is 1. The lowest BCUT2D eigenvalue weighted by molar-refractivity contribution is 0.100. The molecule has 21 heavy (non-hydrogen) atoms. The molecule has 6 heteroatoms. The van der Waals surface area contributed by atoms with Crippen LogP contribution in [0.2, 0.25) is 0 Å². The van der Waals surface area contributed by atoms with Crippen LogP contribution in [0.3, 0.4) is 0 Å². The minimum absolute atomic E-state index is 0.448. The molecule has 0 radical (unpaired) electrons. The standard InChI is InChI=1S/C15H17N3OS2/c1-20-13-11(16)12(14(17)19)21-15(13)18-7-6-9-4-2-3-5-10(9)8-18/h2-5H,6-8,16H2,1H3,(H2,17,19). The summed E-state index contributed by atoms with van der Waals surface area (Å²) in [6.07, 6.45) is 2.98. The Bertz CT molecular complexity index is 696. The molecule has 3 rings (SSSR count). The van der Waals surface area contributed by atoms with Gasteiger partial charge in [-0.25, -0.2) is 0 Å². The fraction of sp³-hybridized carbons (Fsp3) is 0.267. The average molecular weight is 319 g/mol. The Labute approximate surface area is 132 Å². The zero-order valence-electron chi connectivity index (χ0n) is 11.8. The molecule has 0 atom stereocenters. The van der Waals surface area contributed by atoms with Gasteiger partial charge in [-0.15, -0.1) is 23.1 Å². The van der Waals surface area contributed by atoms with Gasteiger partial charge in [-0.2, -0.15) is 0 Å². The molecule has 110 valence electrons. The Hall–Kier alpha value is -1.66. The molecule has 0 aliphatic carbocycles.